The molecule has 0 radical (unpaired) electrons. The number of alkyl halides is 1. The molecule has 0 fully saturated rings. The lowest BCUT2D eigenvalue weighted by Crippen LogP contribution is -2.12. The maximum absolute atomic E-state index is 8.23. The molecule has 0 aliphatic rings. The topological polar surface area (TPSA) is 23.8 Å². The minimum Gasteiger partial charge on any atom is -0.198 e. The van der Waals surface area contributed by atoms with Gasteiger partial charge in [0, 0.05) is 12.3 Å². The van der Waals surface area contributed by atoms with E-state index in [4.69, 9.17) is 16.9 Å². The summed E-state index contributed by atoms with van der Waals surface area (Å²) in [6.45, 7) is 4.13. The first kappa shape index (κ1) is 8.78. The molecule has 0 aliphatic heterocycles. The van der Waals surface area contributed by atoms with Crippen LogP contribution >= 0.6 is 11.6 Å². The van der Waals surface area contributed by atoms with E-state index in [0.717, 1.165) is 6.42 Å². The zero-order valence-electron chi connectivity index (χ0n) is 5.95. The van der Waals surface area contributed by atoms with Gasteiger partial charge in [0.25, 0.3) is 0 Å². The molecule has 52 valence electrons. The lowest BCUT2D eigenvalue weighted by molar-refractivity contribution is 0.390. The van der Waals surface area contributed by atoms with Crippen LogP contribution in [0, 0.1) is 16.7 Å². The van der Waals surface area contributed by atoms with Gasteiger partial charge >= 0.3 is 0 Å². The highest BCUT2D eigenvalue weighted by Crippen LogP contribution is 2.22. The summed E-state index contributed by atoms with van der Waals surface area (Å²) in [6, 6.07) is 2.10. The van der Waals surface area contributed by atoms with Crippen LogP contribution in [0.2, 0.25) is 0 Å². The van der Waals surface area contributed by atoms with Gasteiger partial charge in [0.15, 0.2) is 0 Å². The van der Waals surface area contributed by atoms with Gasteiger partial charge < -0.3 is 0 Å². The highest BCUT2D eigenvalue weighted by atomic mass is 35.5. The van der Waals surface area contributed by atoms with Crippen LogP contribution in [-0.4, -0.2) is 5.88 Å². The highest BCUT2D eigenvalue weighted by Gasteiger charge is 2.14. The molecule has 0 bridgehead atoms. The van der Waals surface area contributed by atoms with Crippen LogP contribution in [-0.2, 0) is 0 Å². The summed E-state index contributed by atoms with van der Waals surface area (Å²) >= 11 is 5.62. The number of nitriles is 1. The minimum absolute atomic E-state index is 0.136. The Morgan fingerprint density at radius 3 is 2.44 bits per heavy atom. The van der Waals surface area contributed by atoms with Crippen molar-refractivity contribution in [3.63, 3.8) is 0 Å². The van der Waals surface area contributed by atoms with E-state index in [1.165, 1.54) is 0 Å². The first-order valence-corrected chi connectivity index (χ1v) is 3.59. The molecule has 0 atom stereocenters. The molecular formula is C7H12ClN. The van der Waals surface area contributed by atoms with Crippen molar-refractivity contribution in [3.05, 3.63) is 0 Å². The summed E-state index contributed by atoms with van der Waals surface area (Å²) in [5.41, 5.74) is 0.136. The predicted octanol–water partition coefficient (Wildman–Crippen LogP) is 2.56. The Bertz CT molecular complexity index is 113. The highest BCUT2D eigenvalue weighted by molar-refractivity contribution is 6.18. The first-order valence-electron chi connectivity index (χ1n) is 3.05. The Kier molecular flexibility index (Phi) is 3.65. The van der Waals surface area contributed by atoms with Gasteiger partial charge in [0.2, 0.25) is 0 Å². The first-order chi connectivity index (χ1) is 4.12. The summed E-state index contributed by atoms with van der Waals surface area (Å²) in [4.78, 5) is 0. The Morgan fingerprint density at radius 2 is 2.11 bits per heavy atom. The standard InChI is InChI=1S/C7H12ClN/c1-7(2,6-8)4-3-5-9/h3-4,6H2,1-2H3. The zero-order valence-corrected chi connectivity index (χ0v) is 6.70. The molecule has 0 N–H and O–H groups in total. The third-order valence-electron chi connectivity index (χ3n) is 1.28. The molecule has 0 aromatic rings. The van der Waals surface area contributed by atoms with Crippen molar-refractivity contribution in [1.29, 1.82) is 5.26 Å². The number of halogens is 1. The summed E-state index contributed by atoms with van der Waals surface area (Å²) in [5.74, 6) is 0.634. The normalized spacial score (nSPS) is 10.9. The van der Waals surface area contributed by atoms with Gasteiger partial charge in [0.1, 0.15) is 0 Å². The van der Waals surface area contributed by atoms with E-state index < -0.39 is 0 Å². The molecule has 0 saturated carbocycles. The number of nitrogens with zero attached hydrogens (tertiary/aromatic N) is 1. The third-order valence-corrected chi connectivity index (χ3v) is 2.00. The van der Waals surface area contributed by atoms with Crippen LogP contribution in [0.3, 0.4) is 0 Å². The molecule has 9 heavy (non-hydrogen) atoms. The predicted molar refractivity (Wildman–Crippen MR) is 39.3 cm³/mol. The molecule has 0 saturated heterocycles. The second kappa shape index (κ2) is 3.74. The Hall–Kier alpha value is -0.220. The smallest absolute Gasteiger partial charge is 0.0621 e. The summed E-state index contributed by atoms with van der Waals surface area (Å²) in [6.07, 6.45) is 1.51. The SMILES string of the molecule is CC(C)(CCl)CCC#N. The average Bonchev–Trinajstić information content (AvgIpc) is 1.84. The Morgan fingerprint density at radius 1 is 1.56 bits per heavy atom. The van der Waals surface area contributed by atoms with Crippen LogP contribution in [0.25, 0.3) is 0 Å². The fourth-order valence-corrected chi connectivity index (χ4v) is 0.595. The van der Waals surface area contributed by atoms with Crippen LogP contribution < -0.4 is 0 Å². The van der Waals surface area contributed by atoms with E-state index in [1.54, 1.807) is 0 Å². The molecule has 0 aromatic heterocycles. The molecule has 0 heterocycles. The minimum atomic E-state index is 0.136. The second-order valence-electron chi connectivity index (χ2n) is 2.96. The van der Waals surface area contributed by atoms with Gasteiger partial charge in [-0.05, 0) is 11.8 Å². The van der Waals surface area contributed by atoms with Gasteiger partial charge in [-0.1, -0.05) is 13.8 Å². The maximum atomic E-state index is 8.23. The van der Waals surface area contributed by atoms with Crippen LogP contribution in [0.5, 0.6) is 0 Å². The molecule has 2 heteroatoms. The van der Waals surface area contributed by atoms with Gasteiger partial charge in [-0.2, -0.15) is 5.26 Å². The lowest BCUT2D eigenvalue weighted by Gasteiger charge is -2.18. The van der Waals surface area contributed by atoms with Crippen molar-refractivity contribution in [2.24, 2.45) is 5.41 Å². The van der Waals surface area contributed by atoms with Gasteiger partial charge in [-0.25, -0.2) is 0 Å². The second-order valence-corrected chi connectivity index (χ2v) is 3.22. The van der Waals surface area contributed by atoms with Crippen molar-refractivity contribution >= 4 is 11.6 Å². The Balaban J connectivity index is 3.48. The molecule has 0 unspecified atom stereocenters. The maximum Gasteiger partial charge on any atom is 0.0621 e. The third kappa shape index (κ3) is 4.29. The number of rotatable bonds is 3. The number of hydrogen-bond donors (Lipinski definition) is 0. The fraction of sp³-hybridized carbons (Fsp3) is 0.857. The lowest BCUT2D eigenvalue weighted by atomic mass is 9.91. The molecule has 0 amide bonds. The molecule has 1 nitrogen and oxygen atoms in total. The Labute approximate surface area is 61.6 Å². The zero-order chi connectivity index (χ0) is 7.33. The van der Waals surface area contributed by atoms with Crippen molar-refractivity contribution < 1.29 is 0 Å². The average molecular weight is 146 g/mol. The largest absolute Gasteiger partial charge is 0.198 e. The molecule has 0 aromatic carbocycles. The quantitative estimate of drug-likeness (QED) is 0.560. The van der Waals surface area contributed by atoms with E-state index in [0.29, 0.717) is 12.3 Å². The van der Waals surface area contributed by atoms with E-state index in [9.17, 15) is 0 Å². The van der Waals surface area contributed by atoms with Gasteiger partial charge in [-0.3, -0.25) is 0 Å². The summed E-state index contributed by atoms with van der Waals surface area (Å²) in [5, 5.41) is 8.23. The molecular weight excluding hydrogens is 134 g/mol. The van der Waals surface area contributed by atoms with E-state index in [1.807, 2.05) is 0 Å². The summed E-state index contributed by atoms with van der Waals surface area (Å²) in [7, 11) is 0. The van der Waals surface area contributed by atoms with Gasteiger partial charge in [-0.15, -0.1) is 11.6 Å². The fourth-order valence-electron chi connectivity index (χ4n) is 0.461. The molecule has 0 aliphatic carbocycles. The molecule has 0 spiro atoms. The van der Waals surface area contributed by atoms with Crippen LogP contribution in [0.1, 0.15) is 26.7 Å². The van der Waals surface area contributed by atoms with Crippen molar-refractivity contribution in [2.45, 2.75) is 26.7 Å². The van der Waals surface area contributed by atoms with Crippen LogP contribution in [0.4, 0.5) is 0 Å². The van der Waals surface area contributed by atoms with E-state index in [-0.39, 0.29) is 5.41 Å². The summed E-state index contributed by atoms with van der Waals surface area (Å²) < 4.78 is 0. The van der Waals surface area contributed by atoms with Crippen molar-refractivity contribution in [2.75, 3.05) is 5.88 Å². The monoisotopic (exact) mass is 145 g/mol. The van der Waals surface area contributed by atoms with Gasteiger partial charge in [0.05, 0.1) is 6.07 Å². The molecule has 0 rings (SSSR count). The van der Waals surface area contributed by atoms with E-state index >= 15 is 0 Å². The number of hydrogen-bond acceptors (Lipinski definition) is 1. The van der Waals surface area contributed by atoms with Crippen molar-refractivity contribution in [1.82, 2.24) is 0 Å². The van der Waals surface area contributed by atoms with Crippen molar-refractivity contribution in [3.8, 4) is 6.07 Å². The van der Waals surface area contributed by atoms with E-state index in [2.05, 4.69) is 19.9 Å². The van der Waals surface area contributed by atoms with Crippen LogP contribution in [0.15, 0.2) is 0 Å².